The summed E-state index contributed by atoms with van der Waals surface area (Å²) in [5, 5.41) is 12.5. The van der Waals surface area contributed by atoms with Crippen LogP contribution in [-0.4, -0.2) is 27.8 Å². The van der Waals surface area contributed by atoms with Gasteiger partial charge in [0.25, 0.3) is 0 Å². The van der Waals surface area contributed by atoms with Crippen LogP contribution < -0.4 is 10.6 Å². The highest BCUT2D eigenvalue weighted by Crippen LogP contribution is 2.19. The zero-order valence-electron chi connectivity index (χ0n) is 13.0. The van der Waals surface area contributed by atoms with Crippen LogP contribution in [0.1, 0.15) is 37.9 Å². The highest BCUT2D eigenvalue weighted by molar-refractivity contribution is 5.73. The standard InChI is InChI=1S/C16H21N5O2/c22-16(17-9-8-12-5-2-1-3-6-12)18-11-14-19-15(21-20-14)13-7-4-10-23-13/h4-5,7,10H,1-3,6,8-9,11H2,(H2,17,18,22)(H,19,20,21). The molecule has 2 heterocycles. The van der Waals surface area contributed by atoms with Crippen LogP contribution in [-0.2, 0) is 6.54 Å². The summed E-state index contributed by atoms with van der Waals surface area (Å²) in [7, 11) is 0. The van der Waals surface area contributed by atoms with Crippen molar-refractivity contribution in [1.82, 2.24) is 25.8 Å². The van der Waals surface area contributed by atoms with E-state index in [1.807, 2.05) is 0 Å². The van der Waals surface area contributed by atoms with Crippen LogP contribution in [0.5, 0.6) is 0 Å². The third kappa shape index (κ3) is 4.45. The molecule has 7 heteroatoms. The lowest BCUT2D eigenvalue weighted by atomic mass is 9.97. The van der Waals surface area contributed by atoms with Gasteiger partial charge in [0.15, 0.2) is 5.76 Å². The molecule has 3 rings (SSSR count). The molecule has 2 aromatic rings. The molecule has 0 unspecified atom stereocenters. The van der Waals surface area contributed by atoms with Crippen LogP contribution in [0.3, 0.4) is 0 Å². The summed E-state index contributed by atoms with van der Waals surface area (Å²) in [6.07, 6.45) is 9.68. The van der Waals surface area contributed by atoms with Crippen LogP contribution in [0.2, 0.25) is 0 Å². The van der Waals surface area contributed by atoms with Crippen molar-refractivity contribution < 1.29 is 9.21 Å². The molecule has 0 aromatic carbocycles. The Morgan fingerprint density at radius 2 is 2.30 bits per heavy atom. The molecule has 7 nitrogen and oxygen atoms in total. The predicted molar refractivity (Wildman–Crippen MR) is 85.5 cm³/mol. The fraction of sp³-hybridized carbons (Fsp3) is 0.438. The maximum absolute atomic E-state index is 11.8. The highest BCUT2D eigenvalue weighted by atomic mass is 16.3. The summed E-state index contributed by atoms with van der Waals surface area (Å²) in [4.78, 5) is 16.0. The molecule has 0 fully saturated rings. The molecule has 3 N–H and O–H groups in total. The van der Waals surface area contributed by atoms with E-state index >= 15 is 0 Å². The van der Waals surface area contributed by atoms with Gasteiger partial charge >= 0.3 is 6.03 Å². The second-order valence-electron chi connectivity index (χ2n) is 5.55. The largest absolute Gasteiger partial charge is 0.461 e. The second kappa shape index (κ2) is 7.62. The fourth-order valence-corrected chi connectivity index (χ4v) is 2.59. The van der Waals surface area contributed by atoms with Crippen LogP contribution >= 0.6 is 0 Å². The number of aromatic amines is 1. The number of rotatable bonds is 6. The normalized spacial score (nSPS) is 14.3. The number of urea groups is 1. The molecular formula is C16H21N5O2. The van der Waals surface area contributed by atoms with E-state index in [9.17, 15) is 4.79 Å². The number of carbonyl (C=O) groups is 1. The lowest BCUT2D eigenvalue weighted by Crippen LogP contribution is -2.36. The van der Waals surface area contributed by atoms with Gasteiger partial charge in [-0.1, -0.05) is 11.6 Å². The topological polar surface area (TPSA) is 95.8 Å². The van der Waals surface area contributed by atoms with Gasteiger partial charge < -0.3 is 15.1 Å². The van der Waals surface area contributed by atoms with Crippen LogP contribution in [0.15, 0.2) is 34.5 Å². The van der Waals surface area contributed by atoms with Gasteiger partial charge in [-0.25, -0.2) is 9.78 Å². The summed E-state index contributed by atoms with van der Waals surface area (Å²) in [5.41, 5.74) is 1.45. The molecule has 0 atom stereocenters. The SMILES string of the molecule is O=C(NCCC1=CCCCC1)NCc1nc(-c2ccco2)n[nH]1. The summed E-state index contributed by atoms with van der Waals surface area (Å²) in [6.45, 7) is 0.952. The van der Waals surface area contributed by atoms with Crippen LogP contribution in [0.25, 0.3) is 11.6 Å². The zero-order chi connectivity index (χ0) is 15.9. The van der Waals surface area contributed by atoms with E-state index in [4.69, 9.17) is 4.42 Å². The quantitative estimate of drug-likeness (QED) is 0.714. The minimum Gasteiger partial charge on any atom is -0.461 e. The Morgan fingerprint density at radius 1 is 1.35 bits per heavy atom. The zero-order valence-corrected chi connectivity index (χ0v) is 13.0. The van der Waals surface area contributed by atoms with Gasteiger partial charge in [-0.2, -0.15) is 0 Å². The first kappa shape index (κ1) is 15.3. The molecule has 1 aliphatic carbocycles. The number of hydrogen-bond acceptors (Lipinski definition) is 4. The molecule has 0 bridgehead atoms. The number of aromatic nitrogens is 3. The van der Waals surface area contributed by atoms with E-state index in [2.05, 4.69) is 31.9 Å². The third-order valence-electron chi connectivity index (χ3n) is 3.81. The molecule has 0 spiro atoms. The van der Waals surface area contributed by atoms with Gasteiger partial charge in [0.1, 0.15) is 5.82 Å². The molecule has 2 aromatic heterocycles. The van der Waals surface area contributed by atoms with E-state index in [1.165, 1.54) is 24.8 Å². The molecule has 0 saturated carbocycles. The Hall–Kier alpha value is -2.57. The predicted octanol–water partition coefficient (Wildman–Crippen LogP) is 2.75. The average molecular weight is 315 g/mol. The maximum Gasteiger partial charge on any atom is 0.315 e. The summed E-state index contributed by atoms with van der Waals surface area (Å²) < 4.78 is 5.22. The highest BCUT2D eigenvalue weighted by Gasteiger charge is 2.09. The average Bonchev–Trinajstić information content (AvgIpc) is 3.25. The molecule has 0 radical (unpaired) electrons. The molecular weight excluding hydrogens is 294 g/mol. The van der Waals surface area contributed by atoms with E-state index in [-0.39, 0.29) is 6.03 Å². The minimum atomic E-state index is -0.197. The Morgan fingerprint density at radius 3 is 3.09 bits per heavy atom. The van der Waals surface area contributed by atoms with E-state index in [0.717, 1.165) is 12.8 Å². The number of amides is 2. The monoisotopic (exact) mass is 315 g/mol. The number of carbonyl (C=O) groups excluding carboxylic acids is 1. The van der Waals surface area contributed by atoms with Crippen molar-refractivity contribution in [3.8, 4) is 11.6 Å². The van der Waals surface area contributed by atoms with Crippen molar-refractivity contribution in [2.75, 3.05) is 6.54 Å². The van der Waals surface area contributed by atoms with Crippen molar-refractivity contribution in [2.24, 2.45) is 0 Å². The van der Waals surface area contributed by atoms with Crippen LogP contribution in [0, 0.1) is 0 Å². The fourth-order valence-electron chi connectivity index (χ4n) is 2.59. The number of H-pyrrole nitrogens is 1. The van der Waals surface area contributed by atoms with Gasteiger partial charge in [-0.05, 0) is 44.2 Å². The van der Waals surface area contributed by atoms with E-state index in [1.54, 1.807) is 18.4 Å². The van der Waals surface area contributed by atoms with Gasteiger partial charge in [0, 0.05) is 6.54 Å². The van der Waals surface area contributed by atoms with Gasteiger partial charge in [0.2, 0.25) is 5.82 Å². The maximum atomic E-state index is 11.8. The summed E-state index contributed by atoms with van der Waals surface area (Å²) >= 11 is 0. The first-order valence-electron chi connectivity index (χ1n) is 7.96. The van der Waals surface area contributed by atoms with Gasteiger partial charge in [-0.3, -0.25) is 5.10 Å². The number of furan rings is 1. The number of nitrogens with one attached hydrogen (secondary N) is 3. The minimum absolute atomic E-state index is 0.197. The van der Waals surface area contributed by atoms with E-state index in [0.29, 0.717) is 30.5 Å². The second-order valence-corrected chi connectivity index (χ2v) is 5.55. The molecule has 1 aliphatic rings. The van der Waals surface area contributed by atoms with Gasteiger partial charge in [0.05, 0.1) is 12.8 Å². The van der Waals surface area contributed by atoms with Crippen molar-refractivity contribution in [1.29, 1.82) is 0 Å². The molecule has 122 valence electrons. The smallest absolute Gasteiger partial charge is 0.315 e. The Labute approximate surface area is 134 Å². The molecule has 0 aliphatic heterocycles. The Balaban J connectivity index is 1.38. The van der Waals surface area contributed by atoms with Gasteiger partial charge in [-0.15, -0.1) is 5.10 Å². The number of nitrogens with zero attached hydrogens (tertiary/aromatic N) is 2. The van der Waals surface area contributed by atoms with Crippen molar-refractivity contribution in [3.05, 3.63) is 35.9 Å². The van der Waals surface area contributed by atoms with Crippen molar-refractivity contribution in [3.63, 3.8) is 0 Å². The third-order valence-corrected chi connectivity index (χ3v) is 3.81. The Bertz CT molecular complexity index is 660. The van der Waals surface area contributed by atoms with Crippen molar-refractivity contribution in [2.45, 2.75) is 38.6 Å². The van der Waals surface area contributed by atoms with Crippen LogP contribution in [0.4, 0.5) is 4.79 Å². The Kier molecular flexibility index (Phi) is 5.08. The lowest BCUT2D eigenvalue weighted by molar-refractivity contribution is 0.240. The first-order valence-corrected chi connectivity index (χ1v) is 7.96. The number of hydrogen-bond donors (Lipinski definition) is 3. The summed E-state index contributed by atoms with van der Waals surface area (Å²) in [6, 6.07) is 3.36. The van der Waals surface area contributed by atoms with Crippen molar-refractivity contribution >= 4 is 6.03 Å². The molecule has 2 amide bonds. The molecule has 23 heavy (non-hydrogen) atoms. The first-order chi connectivity index (χ1) is 11.3. The summed E-state index contributed by atoms with van der Waals surface area (Å²) in [5.74, 6) is 1.66. The lowest BCUT2D eigenvalue weighted by Gasteiger charge is -2.13. The number of allylic oxidation sites excluding steroid dienone is 1. The van der Waals surface area contributed by atoms with E-state index < -0.39 is 0 Å². The molecule has 0 saturated heterocycles.